The van der Waals surface area contributed by atoms with Gasteiger partial charge in [-0.1, -0.05) is 6.92 Å². The van der Waals surface area contributed by atoms with E-state index in [1.807, 2.05) is 36.0 Å². The van der Waals surface area contributed by atoms with Crippen LogP contribution in [0.4, 0.5) is 0 Å². The van der Waals surface area contributed by atoms with E-state index in [9.17, 15) is 0 Å². The molecule has 3 rings (SSSR count). The number of aliphatic imine (C=N–C) groups is 1. The Kier molecular flexibility index (Phi) is 3.47. The van der Waals surface area contributed by atoms with Crippen LogP contribution in [0.25, 0.3) is 5.52 Å². The fourth-order valence-electron chi connectivity index (χ4n) is 2.34. The van der Waals surface area contributed by atoms with Gasteiger partial charge in [0.05, 0.1) is 24.9 Å². The summed E-state index contributed by atoms with van der Waals surface area (Å²) >= 11 is 0. The summed E-state index contributed by atoms with van der Waals surface area (Å²) in [4.78, 5) is 4.45. The molecular formula is C15H19N5O. The first kappa shape index (κ1) is 13.8. The van der Waals surface area contributed by atoms with Crippen LogP contribution in [0.15, 0.2) is 34.6 Å². The molecule has 0 bridgehead atoms. The lowest BCUT2D eigenvalue weighted by atomic mass is 9.89. The number of aryl methyl sites for hydroxylation is 1. The number of hydrogen-bond donors (Lipinski definition) is 1. The van der Waals surface area contributed by atoms with E-state index in [1.54, 1.807) is 6.21 Å². The fraction of sp³-hybridized carbons (Fsp3) is 0.400. The molecule has 21 heavy (non-hydrogen) atoms. The molecule has 0 aromatic carbocycles. The highest BCUT2D eigenvalue weighted by molar-refractivity contribution is 6.38. The standard InChI is InChI=1S/C15H19N5O/c1-11-5-18-20-7-12(3-4-14(11)20)13(19-16)6-17-8-15(2)9-21-10-15/h3-7H,8-10,16H2,1-2H3/b17-6?,19-13+. The van der Waals surface area contributed by atoms with E-state index < -0.39 is 0 Å². The van der Waals surface area contributed by atoms with Crippen LogP contribution in [0.2, 0.25) is 0 Å². The van der Waals surface area contributed by atoms with Crippen LogP contribution in [0.5, 0.6) is 0 Å². The Morgan fingerprint density at radius 2 is 2.33 bits per heavy atom. The zero-order valence-electron chi connectivity index (χ0n) is 12.3. The van der Waals surface area contributed by atoms with Crippen LogP contribution in [-0.2, 0) is 4.74 Å². The van der Waals surface area contributed by atoms with E-state index in [0.29, 0.717) is 5.71 Å². The summed E-state index contributed by atoms with van der Waals surface area (Å²) in [6.07, 6.45) is 5.47. The summed E-state index contributed by atoms with van der Waals surface area (Å²) in [5, 5.41) is 8.13. The van der Waals surface area contributed by atoms with Crippen LogP contribution in [0, 0.1) is 12.3 Å². The summed E-state index contributed by atoms with van der Waals surface area (Å²) in [5.74, 6) is 5.49. The van der Waals surface area contributed by atoms with Crippen molar-refractivity contribution in [2.45, 2.75) is 13.8 Å². The molecule has 1 saturated heterocycles. The second kappa shape index (κ2) is 5.29. The summed E-state index contributed by atoms with van der Waals surface area (Å²) in [6, 6.07) is 3.99. The van der Waals surface area contributed by atoms with Gasteiger partial charge in [0.15, 0.2) is 0 Å². The summed E-state index contributed by atoms with van der Waals surface area (Å²) in [5.41, 5.74) is 3.91. The van der Waals surface area contributed by atoms with Gasteiger partial charge in [0, 0.05) is 29.9 Å². The maximum Gasteiger partial charge on any atom is 0.109 e. The first-order valence-electron chi connectivity index (χ1n) is 6.91. The minimum atomic E-state index is 0.152. The maximum absolute atomic E-state index is 5.49. The van der Waals surface area contributed by atoms with Crippen LogP contribution >= 0.6 is 0 Å². The molecule has 3 heterocycles. The quantitative estimate of drug-likeness (QED) is 0.524. The van der Waals surface area contributed by atoms with E-state index in [4.69, 9.17) is 10.6 Å². The minimum absolute atomic E-state index is 0.152. The van der Waals surface area contributed by atoms with Crippen LogP contribution in [0.3, 0.4) is 0 Å². The average Bonchev–Trinajstić information content (AvgIpc) is 2.83. The zero-order valence-corrected chi connectivity index (χ0v) is 12.3. The van der Waals surface area contributed by atoms with Gasteiger partial charge in [-0.25, -0.2) is 4.52 Å². The van der Waals surface area contributed by atoms with E-state index >= 15 is 0 Å². The van der Waals surface area contributed by atoms with Gasteiger partial charge in [-0.05, 0) is 24.6 Å². The van der Waals surface area contributed by atoms with Crippen LogP contribution < -0.4 is 5.84 Å². The summed E-state index contributed by atoms with van der Waals surface area (Å²) in [6.45, 7) is 6.43. The molecule has 1 aliphatic rings. The highest BCUT2D eigenvalue weighted by Gasteiger charge is 2.32. The second-order valence-corrected chi connectivity index (χ2v) is 5.86. The van der Waals surface area contributed by atoms with Gasteiger partial charge < -0.3 is 10.6 Å². The Morgan fingerprint density at radius 1 is 1.52 bits per heavy atom. The Balaban J connectivity index is 1.79. The predicted molar refractivity (Wildman–Crippen MR) is 82.9 cm³/mol. The molecule has 0 amide bonds. The minimum Gasteiger partial charge on any atom is -0.380 e. The number of fused-ring (bicyclic) bond motifs is 1. The van der Waals surface area contributed by atoms with Crippen molar-refractivity contribution in [3.05, 3.63) is 35.7 Å². The molecule has 110 valence electrons. The van der Waals surface area contributed by atoms with Crippen molar-refractivity contribution >= 4 is 17.4 Å². The number of pyridine rings is 1. The van der Waals surface area contributed by atoms with Gasteiger partial charge in [-0.3, -0.25) is 4.99 Å². The van der Waals surface area contributed by atoms with Gasteiger partial charge in [-0.15, -0.1) is 0 Å². The molecule has 1 aliphatic heterocycles. The third-order valence-electron chi connectivity index (χ3n) is 3.73. The Morgan fingerprint density at radius 3 is 3.00 bits per heavy atom. The van der Waals surface area contributed by atoms with Crippen LogP contribution in [0.1, 0.15) is 18.1 Å². The van der Waals surface area contributed by atoms with E-state index in [-0.39, 0.29) is 5.41 Å². The molecule has 6 nitrogen and oxygen atoms in total. The van der Waals surface area contributed by atoms with Gasteiger partial charge in [-0.2, -0.15) is 10.2 Å². The SMILES string of the molecule is Cc1cnn2cc(/C(C=NCC3(C)COC3)=N/N)ccc12. The molecule has 2 aromatic rings. The highest BCUT2D eigenvalue weighted by Crippen LogP contribution is 2.26. The molecule has 0 atom stereocenters. The van der Waals surface area contributed by atoms with Crippen molar-refractivity contribution in [2.75, 3.05) is 19.8 Å². The summed E-state index contributed by atoms with van der Waals surface area (Å²) < 4.78 is 7.04. The number of nitrogens with zero attached hydrogens (tertiary/aromatic N) is 4. The van der Waals surface area contributed by atoms with Gasteiger partial charge in [0.25, 0.3) is 0 Å². The molecule has 2 aromatic heterocycles. The lowest BCUT2D eigenvalue weighted by molar-refractivity contribution is -0.0944. The summed E-state index contributed by atoms with van der Waals surface area (Å²) in [7, 11) is 0. The number of hydrogen-bond acceptors (Lipinski definition) is 5. The molecule has 6 heteroatoms. The zero-order chi connectivity index (χ0) is 14.9. The topological polar surface area (TPSA) is 77.3 Å². The average molecular weight is 285 g/mol. The lowest BCUT2D eigenvalue weighted by Gasteiger charge is -2.36. The molecule has 0 saturated carbocycles. The Bertz CT molecular complexity index is 712. The number of hydrazone groups is 1. The monoisotopic (exact) mass is 285 g/mol. The van der Waals surface area contributed by atoms with E-state index in [2.05, 4.69) is 22.1 Å². The molecule has 0 radical (unpaired) electrons. The molecule has 2 N–H and O–H groups in total. The third-order valence-corrected chi connectivity index (χ3v) is 3.73. The van der Waals surface area contributed by atoms with Gasteiger partial charge in [0.2, 0.25) is 0 Å². The smallest absolute Gasteiger partial charge is 0.109 e. The van der Waals surface area contributed by atoms with Crippen molar-refractivity contribution < 1.29 is 4.74 Å². The first-order chi connectivity index (χ1) is 10.1. The second-order valence-electron chi connectivity index (χ2n) is 5.86. The van der Waals surface area contributed by atoms with Crippen molar-refractivity contribution in [1.82, 2.24) is 9.61 Å². The van der Waals surface area contributed by atoms with E-state index in [1.165, 1.54) is 0 Å². The number of nitrogens with two attached hydrogens (primary N) is 1. The third kappa shape index (κ3) is 2.67. The highest BCUT2D eigenvalue weighted by atomic mass is 16.5. The normalized spacial score (nSPS) is 18.3. The van der Waals surface area contributed by atoms with Crippen LogP contribution in [-0.4, -0.2) is 41.3 Å². The fourth-order valence-corrected chi connectivity index (χ4v) is 2.34. The Labute approximate surface area is 123 Å². The van der Waals surface area contributed by atoms with Gasteiger partial charge in [0.1, 0.15) is 5.71 Å². The van der Waals surface area contributed by atoms with Crippen molar-refractivity contribution in [3.63, 3.8) is 0 Å². The molecule has 0 aliphatic carbocycles. The van der Waals surface area contributed by atoms with E-state index in [0.717, 1.165) is 36.4 Å². The number of ether oxygens (including phenoxy) is 1. The lowest BCUT2D eigenvalue weighted by Crippen LogP contribution is -2.42. The number of aromatic nitrogens is 2. The maximum atomic E-state index is 5.49. The van der Waals surface area contributed by atoms with Gasteiger partial charge >= 0.3 is 0 Å². The molecular weight excluding hydrogens is 266 g/mol. The molecule has 0 spiro atoms. The first-order valence-corrected chi connectivity index (χ1v) is 6.91. The van der Waals surface area contributed by atoms with Crippen molar-refractivity contribution in [1.29, 1.82) is 0 Å². The predicted octanol–water partition coefficient (Wildman–Crippen LogP) is 1.41. The molecule has 1 fully saturated rings. The van der Waals surface area contributed by atoms with Crippen molar-refractivity contribution in [2.24, 2.45) is 21.4 Å². The number of rotatable bonds is 4. The largest absolute Gasteiger partial charge is 0.380 e. The van der Waals surface area contributed by atoms with Crippen molar-refractivity contribution in [3.8, 4) is 0 Å². The molecule has 0 unspecified atom stereocenters. The Hall–Kier alpha value is -2.21.